The van der Waals surface area contributed by atoms with Crippen LogP contribution in [-0.4, -0.2) is 21.9 Å². The first-order valence-electron chi connectivity index (χ1n) is 13.9. The highest BCUT2D eigenvalue weighted by molar-refractivity contribution is 5.44. The van der Waals surface area contributed by atoms with Gasteiger partial charge in [0, 0.05) is 5.41 Å². The van der Waals surface area contributed by atoms with Gasteiger partial charge in [-0.15, -0.1) is 0 Å². The third kappa shape index (κ3) is 2.84. The van der Waals surface area contributed by atoms with Crippen LogP contribution in [0.25, 0.3) is 0 Å². The Hall–Kier alpha value is -0.340. The summed E-state index contributed by atoms with van der Waals surface area (Å²) in [6, 6.07) is 0. The largest absolute Gasteiger partial charge is 0.392 e. The van der Waals surface area contributed by atoms with Gasteiger partial charge in [0.25, 0.3) is 0 Å². The van der Waals surface area contributed by atoms with Crippen LogP contribution in [-0.2, 0) is 0 Å². The molecule has 8 atom stereocenters. The fourth-order valence-corrected chi connectivity index (χ4v) is 10.6. The van der Waals surface area contributed by atoms with Crippen LogP contribution in [0.5, 0.6) is 0 Å². The molecule has 0 aromatic carbocycles. The number of aliphatic hydroxyl groups excluding tert-OH is 1. The van der Waals surface area contributed by atoms with E-state index in [4.69, 9.17) is 0 Å². The Morgan fingerprint density at radius 1 is 1.03 bits per heavy atom. The van der Waals surface area contributed by atoms with Gasteiger partial charge in [-0.3, -0.25) is 0 Å². The molecular formula is C30H50O2. The molecule has 0 radical (unpaired) electrons. The van der Waals surface area contributed by atoms with Gasteiger partial charge < -0.3 is 10.2 Å². The molecule has 2 N–H and O–H groups in total. The van der Waals surface area contributed by atoms with Gasteiger partial charge >= 0.3 is 0 Å². The molecule has 32 heavy (non-hydrogen) atoms. The summed E-state index contributed by atoms with van der Waals surface area (Å²) in [4.78, 5) is 0. The van der Waals surface area contributed by atoms with E-state index in [9.17, 15) is 10.2 Å². The van der Waals surface area contributed by atoms with Gasteiger partial charge in [0.15, 0.2) is 0 Å². The summed E-state index contributed by atoms with van der Waals surface area (Å²) in [5, 5.41) is 21.0. The highest BCUT2D eigenvalue weighted by Crippen LogP contribution is 2.88. The molecular weight excluding hydrogens is 392 g/mol. The molecule has 5 rings (SSSR count). The maximum Gasteiger partial charge on any atom is 0.0628 e. The van der Waals surface area contributed by atoms with Crippen molar-refractivity contribution in [3.05, 3.63) is 11.6 Å². The maximum atomic E-state index is 10.8. The van der Waals surface area contributed by atoms with Crippen molar-refractivity contribution in [1.82, 2.24) is 0 Å². The van der Waals surface area contributed by atoms with Crippen molar-refractivity contribution < 1.29 is 10.2 Å². The van der Waals surface area contributed by atoms with E-state index in [-0.39, 0.29) is 11.5 Å². The Morgan fingerprint density at radius 2 is 1.75 bits per heavy atom. The number of rotatable bonds is 5. The lowest BCUT2D eigenvalue weighted by Crippen LogP contribution is -2.54. The minimum atomic E-state index is -0.529. The molecule has 4 saturated carbocycles. The van der Waals surface area contributed by atoms with Crippen molar-refractivity contribution in [2.24, 2.45) is 44.8 Å². The molecule has 2 heteroatoms. The van der Waals surface area contributed by atoms with Crippen LogP contribution in [0.3, 0.4) is 0 Å². The summed E-state index contributed by atoms with van der Waals surface area (Å²) >= 11 is 0. The van der Waals surface area contributed by atoms with E-state index in [2.05, 4.69) is 40.7 Å². The SMILES string of the molecule is C[C@H](CCCC(C)(C)O)[C@H]1CC[C@@]2(C)[C@@H]3CC=C4C(C)(C)[C@@H](O)CC[C@@]45C[C@@]35CC[C@]12C. The van der Waals surface area contributed by atoms with E-state index in [0.717, 1.165) is 37.0 Å². The van der Waals surface area contributed by atoms with E-state index in [1.807, 2.05) is 13.8 Å². The van der Waals surface area contributed by atoms with Crippen LogP contribution >= 0.6 is 0 Å². The van der Waals surface area contributed by atoms with Gasteiger partial charge in [0.05, 0.1) is 11.7 Å². The zero-order valence-electron chi connectivity index (χ0n) is 22.1. The Balaban J connectivity index is 1.40. The first-order valence-corrected chi connectivity index (χ1v) is 13.9. The van der Waals surface area contributed by atoms with E-state index in [0.29, 0.717) is 21.7 Å². The summed E-state index contributed by atoms with van der Waals surface area (Å²) < 4.78 is 0. The fourth-order valence-electron chi connectivity index (χ4n) is 10.6. The van der Waals surface area contributed by atoms with Gasteiger partial charge in [-0.05, 0) is 111 Å². The molecule has 0 heterocycles. The molecule has 2 spiro atoms. The van der Waals surface area contributed by atoms with E-state index >= 15 is 0 Å². The molecule has 0 aromatic rings. The third-order valence-corrected chi connectivity index (χ3v) is 12.6. The average Bonchev–Trinajstić information content (AvgIpc) is 3.27. The second-order valence-electron chi connectivity index (χ2n) is 14.8. The number of hydrogen-bond acceptors (Lipinski definition) is 2. The van der Waals surface area contributed by atoms with E-state index in [1.165, 1.54) is 51.4 Å². The van der Waals surface area contributed by atoms with Gasteiger partial charge in [0.2, 0.25) is 0 Å². The lowest BCUT2D eigenvalue weighted by atomic mass is 9.43. The number of hydrogen-bond donors (Lipinski definition) is 2. The summed E-state index contributed by atoms with van der Waals surface area (Å²) in [6.45, 7) is 16.4. The van der Waals surface area contributed by atoms with E-state index < -0.39 is 5.60 Å². The smallest absolute Gasteiger partial charge is 0.0628 e. The van der Waals surface area contributed by atoms with Gasteiger partial charge in [-0.25, -0.2) is 0 Å². The van der Waals surface area contributed by atoms with Crippen molar-refractivity contribution in [3.8, 4) is 0 Å². The second kappa shape index (κ2) is 6.87. The molecule has 5 aliphatic rings. The predicted octanol–water partition coefficient (Wildman–Crippen LogP) is 7.28. The van der Waals surface area contributed by atoms with Crippen LogP contribution in [0.4, 0.5) is 0 Å². The molecule has 2 nitrogen and oxygen atoms in total. The lowest BCUT2D eigenvalue weighted by Gasteiger charge is -2.61. The van der Waals surface area contributed by atoms with Crippen LogP contribution in [0.1, 0.15) is 119 Å². The molecule has 0 aromatic heterocycles. The number of allylic oxidation sites excluding steroid dienone is 1. The maximum absolute atomic E-state index is 10.8. The number of aliphatic hydroxyl groups is 2. The average molecular weight is 443 g/mol. The summed E-state index contributed by atoms with van der Waals surface area (Å²) in [6.07, 6.45) is 16.3. The molecule has 5 aliphatic carbocycles. The standard InChI is InChI=1S/C30H50O2/c1-20(9-8-14-25(2,3)32)21-12-15-28(7)23-11-10-22-26(4,5)24(31)13-16-29(22)19-30(23,29)18-17-27(21,28)6/h10,20-21,23-24,31-32H,8-9,11-19H2,1-7H3/t20-,21-,23+,24+,27-,28+,29-,30+/m1/s1. The lowest BCUT2D eigenvalue weighted by molar-refractivity contribution is -0.106. The zero-order valence-corrected chi connectivity index (χ0v) is 22.1. The third-order valence-electron chi connectivity index (χ3n) is 12.6. The first-order chi connectivity index (χ1) is 14.7. The molecule has 0 saturated heterocycles. The molecule has 4 fully saturated rings. The van der Waals surface area contributed by atoms with Crippen LogP contribution in [0, 0.1) is 44.8 Å². The first kappa shape index (κ1) is 23.4. The molecule has 0 unspecified atom stereocenters. The normalized spacial score (nSPS) is 49.9. The van der Waals surface area contributed by atoms with Crippen molar-refractivity contribution in [2.45, 2.75) is 131 Å². The van der Waals surface area contributed by atoms with Crippen molar-refractivity contribution in [2.75, 3.05) is 0 Å². The van der Waals surface area contributed by atoms with Gasteiger partial charge in [-0.2, -0.15) is 0 Å². The summed E-state index contributed by atoms with van der Waals surface area (Å²) in [5.41, 5.74) is 2.92. The van der Waals surface area contributed by atoms with Crippen molar-refractivity contribution in [1.29, 1.82) is 0 Å². The van der Waals surface area contributed by atoms with Gasteiger partial charge in [0.1, 0.15) is 0 Å². The minimum Gasteiger partial charge on any atom is -0.392 e. The Kier molecular flexibility index (Phi) is 5.02. The Bertz CT molecular complexity index is 804. The highest BCUT2D eigenvalue weighted by Gasteiger charge is 2.80. The Labute approximate surface area is 197 Å². The van der Waals surface area contributed by atoms with Crippen LogP contribution in [0.2, 0.25) is 0 Å². The monoisotopic (exact) mass is 442 g/mol. The summed E-state index contributed by atoms with van der Waals surface area (Å²) in [5.74, 6) is 2.42. The zero-order chi connectivity index (χ0) is 23.4. The predicted molar refractivity (Wildman–Crippen MR) is 132 cm³/mol. The molecule has 182 valence electrons. The van der Waals surface area contributed by atoms with E-state index in [1.54, 1.807) is 5.57 Å². The molecule has 0 aliphatic heterocycles. The quantitative estimate of drug-likeness (QED) is 0.439. The van der Waals surface area contributed by atoms with Crippen molar-refractivity contribution in [3.63, 3.8) is 0 Å². The topological polar surface area (TPSA) is 40.5 Å². The highest BCUT2D eigenvalue weighted by atomic mass is 16.3. The number of fused-ring (bicyclic) bond motifs is 2. The Morgan fingerprint density at radius 3 is 2.44 bits per heavy atom. The second-order valence-corrected chi connectivity index (χ2v) is 14.8. The summed E-state index contributed by atoms with van der Waals surface area (Å²) in [7, 11) is 0. The molecule has 0 amide bonds. The van der Waals surface area contributed by atoms with Crippen molar-refractivity contribution >= 4 is 0 Å². The van der Waals surface area contributed by atoms with Crippen LogP contribution in [0.15, 0.2) is 11.6 Å². The fraction of sp³-hybridized carbons (Fsp3) is 0.933. The minimum absolute atomic E-state index is 0.0401. The van der Waals surface area contributed by atoms with Gasteiger partial charge in [-0.1, -0.05) is 59.1 Å². The van der Waals surface area contributed by atoms with Crippen LogP contribution < -0.4 is 0 Å². The molecule has 0 bridgehead atoms.